The molecule has 0 unspecified atom stereocenters. The fourth-order valence-corrected chi connectivity index (χ4v) is 1.88. The molecule has 0 atom stereocenters. The molecule has 0 radical (unpaired) electrons. The van der Waals surface area contributed by atoms with Crippen molar-refractivity contribution in [2.24, 2.45) is 10.9 Å². The average molecular weight is 257 g/mol. The van der Waals surface area contributed by atoms with Gasteiger partial charge < -0.3 is 15.5 Å². The van der Waals surface area contributed by atoms with Gasteiger partial charge in [-0.2, -0.15) is 0 Å². The lowest BCUT2D eigenvalue weighted by Crippen LogP contribution is -2.30. The molecule has 98 valence electrons. The maximum Gasteiger partial charge on any atom is 0.261 e. The predicted octanol–water partition coefficient (Wildman–Crippen LogP) is 1.30. The van der Waals surface area contributed by atoms with Crippen molar-refractivity contribution in [1.29, 1.82) is 0 Å². The van der Waals surface area contributed by atoms with Crippen LogP contribution in [0.15, 0.2) is 52.5 Å². The Morgan fingerprint density at radius 2 is 2.05 bits per heavy atom. The van der Waals surface area contributed by atoms with E-state index in [0.29, 0.717) is 6.54 Å². The topological polar surface area (TPSA) is 80.6 Å². The van der Waals surface area contributed by atoms with Crippen LogP contribution in [0.3, 0.4) is 0 Å². The van der Waals surface area contributed by atoms with Gasteiger partial charge in [-0.25, -0.2) is 0 Å². The largest absolute Gasteiger partial charge is 0.409 e. The van der Waals surface area contributed by atoms with Crippen molar-refractivity contribution in [3.63, 3.8) is 0 Å². The highest BCUT2D eigenvalue weighted by Gasteiger charge is 2.08. The van der Waals surface area contributed by atoms with Crippen LogP contribution in [0.5, 0.6) is 0 Å². The number of aromatic nitrogens is 1. The molecule has 0 saturated heterocycles. The molecule has 1 aromatic carbocycles. The summed E-state index contributed by atoms with van der Waals surface area (Å²) in [5.41, 5.74) is 7.56. The van der Waals surface area contributed by atoms with Crippen LogP contribution in [0.1, 0.15) is 16.7 Å². The second-order valence-electron chi connectivity index (χ2n) is 4.27. The lowest BCUT2D eigenvalue weighted by Gasteiger charge is -2.09. The van der Waals surface area contributed by atoms with E-state index < -0.39 is 0 Å². The molecule has 5 nitrogen and oxygen atoms in total. The second kappa shape index (κ2) is 5.39. The van der Waals surface area contributed by atoms with E-state index in [-0.39, 0.29) is 17.0 Å². The van der Waals surface area contributed by atoms with Crippen molar-refractivity contribution < 1.29 is 5.21 Å². The Balaban J connectivity index is 2.43. The third-order valence-corrected chi connectivity index (χ3v) is 3.01. The molecule has 2 aromatic rings. The lowest BCUT2D eigenvalue weighted by molar-refractivity contribution is 0.318. The van der Waals surface area contributed by atoms with Gasteiger partial charge in [0.25, 0.3) is 5.56 Å². The van der Waals surface area contributed by atoms with Crippen LogP contribution in [0.25, 0.3) is 0 Å². The zero-order valence-corrected chi connectivity index (χ0v) is 10.6. The van der Waals surface area contributed by atoms with Gasteiger partial charge in [0, 0.05) is 6.20 Å². The normalized spacial score (nSPS) is 11.5. The third-order valence-electron chi connectivity index (χ3n) is 3.01. The summed E-state index contributed by atoms with van der Waals surface area (Å²) in [7, 11) is 0. The minimum atomic E-state index is -0.277. The third kappa shape index (κ3) is 2.65. The smallest absolute Gasteiger partial charge is 0.261 e. The molecular formula is C14H15N3O2. The molecule has 1 heterocycles. The van der Waals surface area contributed by atoms with Gasteiger partial charge in [-0.1, -0.05) is 29.4 Å². The Labute approximate surface area is 110 Å². The SMILES string of the molecule is Cc1ccccc1Cn1cccc(/C(N)=N/O)c1=O. The van der Waals surface area contributed by atoms with Crippen LogP contribution in [0.4, 0.5) is 0 Å². The molecule has 0 saturated carbocycles. The van der Waals surface area contributed by atoms with Crippen LogP contribution in [0, 0.1) is 6.92 Å². The number of oxime groups is 1. The summed E-state index contributed by atoms with van der Waals surface area (Å²) in [6.45, 7) is 2.45. The highest BCUT2D eigenvalue weighted by molar-refractivity contribution is 5.96. The molecule has 19 heavy (non-hydrogen) atoms. The summed E-state index contributed by atoms with van der Waals surface area (Å²) in [5, 5.41) is 11.5. The van der Waals surface area contributed by atoms with Gasteiger partial charge in [0.1, 0.15) is 0 Å². The molecule has 5 heteroatoms. The Hall–Kier alpha value is -2.56. The molecule has 0 bridgehead atoms. The second-order valence-corrected chi connectivity index (χ2v) is 4.27. The Kier molecular flexibility index (Phi) is 3.66. The predicted molar refractivity (Wildman–Crippen MR) is 73.5 cm³/mol. The van der Waals surface area contributed by atoms with Crippen molar-refractivity contribution in [2.75, 3.05) is 0 Å². The zero-order chi connectivity index (χ0) is 13.8. The summed E-state index contributed by atoms with van der Waals surface area (Å²) in [5.74, 6) is -0.177. The Morgan fingerprint density at radius 3 is 2.74 bits per heavy atom. The van der Waals surface area contributed by atoms with Crippen molar-refractivity contribution in [3.8, 4) is 0 Å². The molecular weight excluding hydrogens is 242 g/mol. The van der Waals surface area contributed by atoms with E-state index >= 15 is 0 Å². The zero-order valence-electron chi connectivity index (χ0n) is 10.6. The number of hydrogen-bond acceptors (Lipinski definition) is 3. The van der Waals surface area contributed by atoms with Crippen molar-refractivity contribution in [2.45, 2.75) is 13.5 Å². The van der Waals surface area contributed by atoms with Crippen LogP contribution in [0.2, 0.25) is 0 Å². The van der Waals surface area contributed by atoms with E-state index in [9.17, 15) is 4.79 Å². The standard InChI is InChI=1S/C14H15N3O2/c1-10-5-2-3-6-11(10)9-17-8-4-7-12(14(17)18)13(15)16-19/h2-8,19H,9H2,1H3,(H2,15,16). The Morgan fingerprint density at radius 1 is 1.32 bits per heavy atom. The van der Waals surface area contributed by atoms with Crippen LogP contribution < -0.4 is 11.3 Å². The van der Waals surface area contributed by atoms with Gasteiger partial charge in [0.15, 0.2) is 5.84 Å². The van der Waals surface area contributed by atoms with Gasteiger partial charge in [0.2, 0.25) is 0 Å². The fraction of sp³-hybridized carbons (Fsp3) is 0.143. The van der Waals surface area contributed by atoms with E-state index in [1.54, 1.807) is 12.3 Å². The maximum absolute atomic E-state index is 12.2. The quantitative estimate of drug-likeness (QED) is 0.376. The lowest BCUT2D eigenvalue weighted by atomic mass is 10.1. The number of benzene rings is 1. The molecule has 0 aliphatic heterocycles. The summed E-state index contributed by atoms with van der Waals surface area (Å²) >= 11 is 0. The van der Waals surface area contributed by atoms with Crippen LogP contribution in [-0.4, -0.2) is 15.6 Å². The fourth-order valence-electron chi connectivity index (χ4n) is 1.88. The van der Waals surface area contributed by atoms with Crippen molar-refractivity contribution >= 4 is 5.84 Å². The van der Waals surface area contributed by atoms with Crippen molar-refractivity contribution in [1.82, 2.24) is 4.57 Å². The number of nitrogens with two attached hydrogens (primary N) is 1. The molecule has 0 aliphatic carbocycles. The number of aryl methyl sites for hydroxylation is 1. The first kappa shape index (κ1) is 12.9. The monoisotopic (exact) mass is 257 g/mol. The molecule has 1 aromatic heterocycles. The first-order valence-corrected chi connectivity index (χ1v) is 5.85. The minimum Gasteiger partial charge on any atom is -0.409 e. The van der Waals surface area contributed by atoms with Crippen molar-refractivity contribution in [3.05, 3.63) is 69.6 Å². The first-order valence-electron chi connectivity index (χ1n) is 5.85. The number of rotatable bonds is 3. The van der Waals surface area contributed by atoms with Gasteiger partial charge in [-0.05, 0) is 30.2 Å². The molecule has 0 amide bonds. The van der Waals surface area contributed by atoms with E-state index in [1.165, 1.54) is 10.6 Å². The number of pyridine rings is 1. The van der Waals surface area contributed by atoms with E-state index in [1.807, 2.05) is 31.2 Å². The number of hydrogen-bond donors (Lipinski definition) is 2. The molecule has 3 N–H and O–H groups in total. The summed E-state index contributed by atoms with van der Waals surface area (Å²) in [6.07, 6.45) is 1.68. The summed E-state index contributed by atoms with van der Waals surface area (Å²) in [4.78, 5) is 12.2. The average Bonchev–Trinajstić information content (AvgIpc) is 2.42. The number of amidine groups is 1. The highest BCUT2D eigenvalue weighted by atomic mass is 16.4. The molecule has 0 spiro atoms. The Bertz CT molecular complexity index is 674. The van der Waals surface area contributed by atoms with Gasteiger partial charge in [-0.15, -0.1) is 0 Å². The van der Waals surface area contributed by atoms with Gasteiger partial charge >= 0.3 is 0 Å². The molecule has 0 aliphatic rings. The van der Waals surface area contributed by atoms with Gasteiger partial charge in [0.05, 0.1) is 12.1 Å². The van der Waals surface area contributed by atoms with Crippen LogP contribution >= 0.6 is 0 Å². The summed E-state index contributed by atoms with van der Waals surface area (Å²) in [6, 6.07) is 11.1. The highest BCUT2D eigenvalue weighted by Crippen LogP contribution is 2.08. The van der Waals surface area contributed by atoms with E-state index in [4.69, 9.17) is 10.9 Å². The van der Waals surface area contributed by atoms with Gasteiger partial charge in [-0.3, -0.25) is 4.79 Å². The number of nitrogens with zero attached hydrogens (tertiary/aromatic N) is 2. The minimum absolute atomic E-state index is 0.177. The van der Waals surface area contributed by atoms with E-state index in [0.717, 1.165) is 11.1 Å². The molecule has 0 fully saturated rings. The molecule has 2 rings (SSSR count). The maximum atomic E-state index is 12.2. The first-order chi connectivity index (χ1) is 9.13. The van der Waals surface area contributed by atoms with Crippen LogP contribution in [-0.2, 0) is 6.54 Å². The summed E-state index contributed by atoms with van der Waals surface area (Å²) < 4.78 is 1.54. The van der Waals surface area contributed by atoms with E-state index in [2.05, 4.69) is 5.16 Å².